The van der Waals surface area contributed by atoms with Crippen LogP contribution in [0.1, 0.15) is 38.2 Å². The summed E-state index contributed by atoms with van der Waals surface area (Å²) in [6.45, 7) is 3.15. The van der Waals surface area contributed by atoms with Crippen molar-refractivity contribution in [2.45, 2.75) is 51.4 Å². The number of rotatable bonds is 6. The van der Waals surface area contributed by atoms with Gasteiger partial charge in [0.25, 0.3) is 0 Å². The Morgan fingerprint density at radius 2 is 2.10 bits per heavy atom. The third kappa shape index (κ3) is 4.22. The quantitative estimate of drug-likeness (QED) is 0.647. The molecule has 0 bridgehead atoms. The van der Waals surface area contributed by atoms with Crippen LogP contribution in [0.2, 0.25) is 0 Å². The molecule has 0 aromatic heterocycles. The molecule has 1 N–H and O–H groups in total. The highest BCUT2D eigenvalue weighted by atomic mass is 19.1. The van der Waals surface area contributed by atoms with Crippen LogP contribution in [0.3, 0.4) is 0 Å². The molecule has 116 valence electrons. The molecule has 0 saturated heterocycles. The van der Waals surface area contributed by atoms with Crippen LogP contribution in [0.4, 0.5) is 10.1 Å². The fraction of sp³-hybridized carbons (Fsp3) is 0.600. The van der Waals surface area contributed by atoms with E-state index < -0.39 is 16.4 Å². The van der Waals surface area contributed by atoms with Gasteiger partial charge in [-0.05, 0) is 32.2 Å². The smallest absolute Gasteiger partial charge is 0.305 e. The zero-order valence-corrected chi connectivity index (χ0v) is 12.2. The predicted octanol–water partition coefficient (Wildman–Crippen LogP) is 3.17. The first-order chi connectivity index (χ1) is 10.1. The van der Waals surface area contributed by atoms with Crippen molar-refractivity contribution in [1.82, 2.24) is 5.32 Å². The van der Waals surface area contributed by atoms with Crippen LogP contribution in [0.25, 0.3) is 0 Å². The lowest BCUT2D eigenvalue weighted by Crippen LogP contribution is -2.35. The maximum atomic E-state index is 13.9. The van der Waals surface area contributed by atoms with Crippen LogP contribution < -0.4 is 5.32 Å². The maximum Gasteiger partial charge on any atom is 0.305 e. The largest absolute Gasteiger partial charge is 0.373 e. The second-order valence-electron chi connectivity index (χ2n) is 5.35. The van der Waals surface area contributed by atoms with Crippen LogP contribution in [0.5, 0.6) is 0 Å². The molecule has 0 unspecified atom stereocenters. The van der Waals surface area contributed by atoms with Gasteiger partial charge in [0.2, 0.25) is 5.82 Å². The fourth-order valence-electron chi connectivity index (χ4n) is 2.75. The predicted molar refractivity (Wildman–Crippen MR) is 77.6 cm³/mol. The number of nitrogens with one attached hydrogen (secondary N) is 1. The lowest BCUT2D eigenvalue weighted by atomic mass is 9.93. The van der Waals surface area contributed by atoms with E-state index in [1.165, 1.54) is 18.2 Å². The third-order valence-corrected chi connectivity index (χ3v) is 3.90. The molecule has 0 aliphatic heterocycles. The molecule has 2 rings (SSSR count). The molecule has 1 fully saturated rings. The summed E-state index contributed by atoms with van der Waals surface area (Å²) in [5.74, 6) is -0.788. The monoisotopic (exact) mass is 296 g/mol. The number of halogens is 1. The van der Waals surface area contributed by atoms with Crippen molar-refractivity contribution in [1.29, 1.82) is 0 Å². The molecule has 1 saturated carbocycles. The van der Waals surface area contributed by atoms with Crippen LogP contribution in [0, 0.1) is 15.9 Å². The Hall–Kier alpha value is -1.53. The molecule has 0 radical (unpaired) electrons. The van der Waals surface area contributed by atoms with Crippen molar-refractivity contribution >= 4 is 5.69 Å². The van der Waals surface area contributed by atoms with Gasteiger partial charge in [0, 0.05) is 17.7 Å². The number of ether oxygens (including phenoxy) is 1. The van der Waals surface area contributed by atoms with Gasteiger partial charge in [-0.25, -0.2) is 0 Å². The van der Waals surface area contributed by atoms with Crippen molar-refractivity contribution < 1.29 is 14.1 Å². The molecule has 6 heteroatoms. The van der Waals surface area contributed by atoms with E-state index in [0.717, 1.165) is 32.2 Å². The van der Waals surface area contributed by atoms with E-state index in [1.807, 2.05) is 0 Å². The summed E-state index contributed by atoms with van der Waals surface area (Å²) in [4.78, 5) is 9.99. The number of nitro benzene ring substituents is 1. The molecule has 0 heterocycles. The summed E-state index contributed by atoms with van der Waals surface area (Å²) in [5.41, 5.74) is -0.245. The van der Waals surface area contributed by atoms with E-state index in [9.17, 15) is 14.5 Å². The van der Waals surface area contributed by atoms with Crippen LogP contribution in [-0.2, 0) is 11.3 Å². The number of nitro groups is 1. The number of hydrogen-bond acceptors (Lipinski definition) is 4. The molecular formula is C15H21FN2O3. The van der Waals surface area contributed by atoms with Gasteiger partial charge in [-0.2, -0.15) is 4.39 Å². The second-order valence-corrected chi connectivity index (χ2v) is 5.35. The van der Waals surface area contributed by atoms with Crippen molar-refractivity contribution in [3.8, 4) is 0 Å². The zero-order valence-electron chi connectivity index (χ0n) is 12.2. The van der Waals surface area contributed by atoms with E-state index >= 15 is 0 Å². The second kappa shape index (κ2) is 7.47. The Morgan fingerprint density at radius 3 is 2.71 bits per heavy atom. The normalized spacial score (nSPS) is 22.2. The van der Waals surface area contributed by atoms with E-state index in [2.05, 4.69) is 12.2 Å². The fourth-order valence-corrected chi connectivity index (χ4v) is 2.75. The zero-order chi connectivity index (χ0) is 15.2. The lowest BCUT2D eigenvalue weighted by molar-refractivity contribution is -0.387. The molecule has 1 aliphatic rings. The molecule has 1 aromatic carbocycles. The molecule has 0 atom stereocenters. The Balaban J connectivity index is 1.87. The molecule has 1 aromatic rings. The Morgan fingerprint density at radius 1 is 1.38 bits per heavy atom. The molecule has 5 nitrogen and oxygen atoms in total. The average Bonchev–Trinajstić information content (AvgIpc) is 2.48. The van der Waals surface area contributed by atoms with Gasteiger partial charge in [0.05, 0.1) is 17.6 Å². The third-order valence-electron chi connectivity index (χ3n) is 3.90. The van der Waals surface area contributed by atoms with Gasteiger partial charge in [0.1, 0.15) is 0 Å². The summed E-state index contributed by atoms with van der Waals surface area (Å²) in [6, 6.07) is 4.74. The maximum absolute atomic E-state index is 13.9. The Kier molecular flexibility index (Phi) is 5.64. The van der Waals surface area contributed by atoms with Gasteiger partial charge in [-0.15, -0.1) is 0 Å². The van der Waals surface area contributed by atoms with Gasteiger partial charge in [0.15, 0.2) is 0 Å². The van der Waals surface area contributed by atoms with E-state index in [4.69, 9.17) is 4.74 Å². The Labute approximate surface area is 123 Å². The first-order valence-corrected chi connectivity index (χ1v) is 7.38. The van der Waals surface area contributed by atoms with Gasteiger partial charge in [-0.3, -0.25) is 10.1 Å². The van der Waals surface area contributed by atoms with Gasteiger partial charge in [-0.1, -0.05) is 19.1 Å². The van der Waals surface area contributed by atoms with E-state index in [-0.39, 0.29) is 18.3 Å². The summed E-state index contributed by atoms with van der Waals surface area (Å²) >= 11 is 0. The highest BCUT2D eigenvalue weighted by Crippen LogP contribution is 2.25. The molecular weight excluding hydrogens is 275 g/mol. The summed E-state index contributed by atoms with van der Waals surface area (Å²) in [5, 5.41) is 14.1. The topological polar surface area (TPSA) is 64.4 Å². The van der Waals surface area contributed by atoms with Crippen LogP contribution in [0.15, 0.2) is 18.2 Å². The minimum absolute atomic E-state index is 0.0874. The SMILES string of the molecule is CCNC1CCC(OCc2cccc([N+](=O)[O-])c2F)CC1. The first kappa shape index (κ1) is 15.9. The summed E-state index contributed by atoms with van der Waals surface area (Å²) in [6.07, 6.45) is 4.09. The Bertz CT molecular complexity index is 488. The van der Waals surface area contributed by atoms with Crippen molar-refractivity contribution in [3.05, 3.63) is 39.7 Å². The van der Waals surface area contributed by atoms with Crippen LogP contribution in [-0.4, -0.2) is 23.6 Å². The summed E-state index contributed by atoms with van der Waals surface area (Å²) < 4.78 is 19.6. The van der Waals surface area contributed by atoms with Gasteiger partial charge < -0.3 is 10.1 Å². The van der Waals surface area contributed by atoms with Crippen molar-refractivity contribution in [3.63, 3.8) is 0 Å². The first-order valence-electron chi connectivity index (χ1n) is 7.38. The number of benzene rings is 1. The molecule has 0 spiro atoms. The minimum atomic E-state index is -0.788. The molecule has 0 amide bonds. The van der Waals surface area contributed by atoms with Crippen molar-refractivity contribution in [2.75, 3.05) is 6.54 Å². The minimum Gasteiger partial charge on any atom is -0.373 e. The van der Waals surface area contributed by atoms with Gasteiger partial charge >= 0.3 is 5.69 Å². The lowest BCUT2D eigenvalue weighted by Gasteiger charge is -2.29. The van der Waals surface area contributed by atoms with E-state index in [0.29, 0.717) is 6.04 Å². The van der Waals surface area contributed by atoms with E-state index in [1.54, 1.807) is 0 Å². The van der Waals surface area contributed by atoms with Crippen molar-refractivity contribution in [2.24, 2.45) is 0 Å². The number of nitrogens with zero attached hydrogens (tertiary/aromatic N) is 1. The average molecular weight is 296 g/mol. The number of hydrogen-bond donors (Lipinski definition) is 1. The molecule has 1 aliphatic carbocycles. The molecule has 21 heavy (non-hydrogen) atoms. The van der Waals surface area contributed by atoms with Crippen LogP contribution >= 0.6 is 0 Å². The standard InChI is InChI=1S/C15H21FN2O3/c1-2-17-12-6-8-13(9-7-12)21-10-11-4-3-5-14(15(11)16)18(19)20/h3-5,12-13,17H,2,6-10H2,1H3. The highest BCUT2D eigenvalue weighted by Gasteiger charge is 2.22. The summed E-state index contributed by atoms with van der Waals surface area (Å²) in [7, 11) is 0. The highest BCUT2D eigenvalue weighted by molar-refractivity contribution is 5.36.